The summed E-state index contributed by atoms with van der Waals surface area (Å²) in [5.41, 5.74) is 1.29. The summed E-state index contributed by atoms with van der Waals surface area (Å²) in [6.45, 7) is 0.0557. The van der Waals surface area contributed by atoms with E-state index in [9.17, 15) is 18.3 Å². The van der Waals surface area contributed by atoms with Gasteiger partial charge in [0.1, 0.15) is 0 Å². The highest BCUT2D eigenvalue weighted by Crippen LogP contribution is 2.30. The Bertz CT molecular complexity index is 546. The van der Waals surface area contributed by atoms with Crippen molar-refractivity contribution >= 4 is 0 Å². The van der Waals surface area contributed by atoms with Gasteiger partial charge in [0.25, 0.3) is 0 Å². The Labute approximate surface area is 122 Å². The molecule has 0 aliphatic heterocycles. The summed E-state index contributed by atoms with van der Waals surface area (Å²) in [5, 5.41) is 9.18. The molecule has 0 spiro atoms. The van der Waals surface area contributed by atoms with Gasteiger partial charge in [0.2, 0.25) is 0 Å². The smallest absolute Gasteiger partial charge is 0.396 e. The van der Waals surface area contributed by atoms with Crippen molar-refractivity contribution in [3.63, 3.8) is 0 Å². The van der Waals surface area contributed by atoms with Crippen molar-refractivity contribution in [3.8, 4) is 0 Å². The zero-order chi connectivity index (χ0) is 15.3. The standard InChI is InChI=1S/C17H17F3O/c18-17(19,20)16-8-6-13(7-9-16)12-15(10-11-21)14-4-2-1-3-5-14/h1-9,15,21H,10-12H2. The van der Waals surface area contributed by atoms with E-state index in [0.717, 1.165) is 23.3 Å². The Balaban J connectivity index is 2.14. The van der Waals surface area contributed by atoms with Crippen molar-refractivity contribution in [3.05, 3.63) is 71.3 Å². The van der Waals surface area contributed by atoms with E-state index in [2.05, 4.69) is 0 Å². The van der Waals surface area contributed by atoms with Crippen LogP contribution in [0.2, 0.25) is 0 Å². The van der Waals surface area contributed by atoms with Gasteiger partial charge in [0, 0.05) is 6.61 Å². The molecule has 0 aromatic heterocycles. The van der Waals surface area contributed by atoms with E-state index in [1.165, 1.54) is 12.1 Å². The average Bonchev–Trinajstić information content (AvgIpc) is 2.47. The fraction of sp³-hybridized carbons (Fsp3) is 0.294. The summed E-state index contributed by atoms with van der Waals surface area (Å²) in [7, 11) is 0. The molecule has 2 rings (SSSR count). The number of rotatable bonds is 5. The topological polar surface area (TPSA) is 20.2 Å². The van der Waals surface area contributed by atoms with E-state index in [-0.39, 0.29) is 12.5 Å². The molecule has 0 fully saturated rings. The zero-order valence-electron chi connectivity index (χ0n) is 11.5. The highest BCUT2D eigenvalue weighted by atomic mass is 19.4. The van der Waals surface area contributed by atoms with E-state index in [1.807, 2.05) is 30.3 Å². The average molecular weight is 294 g/mol. The fourth-order valence-corrected chi connectivity index (χ4v) is 2.38. The predicted molar refractivity (Wildman–Crippen MR) is 76.0 cm³/mol. The lowest BCUT2D eigenvalue weighted by Gasteiger charge is -2.17. The SMILES string of the molecule is OCCC(Cc1ccc(C(F)(F)F)cc1)c1ccccc1. The molecule has 2 aromatic carbocycles. The maximum absolute atomic E-state index is 12.5. The minimum absolute atomic E-state index is 0.0557. The van der Waals surface area contributed by atoms with Gasteiger partial charge in [0.05, 0.1) is 5.56 Å². The molecule has 1 N–H and O–H groups in total. The van der Waals surface area contributed by atoms with Gasteiger partial charge in [-0.15, -0.1) is 0 Å². The van der Waals surface area contributed by atoms with E-state index in [1.54, 1.807) is 0 Å². The molecular weight excluding hydrogens is 277 g/mol. The van der Waals surface area contributed by atoms with Gasteiger partial charge in [-0.1, -0.05) is 42.5 Å². The minimum Gasteiger partial charge on any atom is -0.396 e. The van der Waals surface area contributed by atoms with Gasteiger partial charge in [-0.3, -0.25) is 0 Å². The van der Waals surface area contributed by atoms with Crippen LogP contribution in [0.15, 0.2) is 54.6 Å². The lowest BCUT2D eigenvalue weighted by molar-refractivity contribution is -0.137. The van der Waals surface area contributed by atoms with Crippen LogP contribution in [0.25, 0.3) is 0 Å². The molecule has 0 saturated carbocycles. The molecule has 0 aliphatic carbocycles. The van der Waals surface area contributed by atoms with E-state index < -0.39 is 11.7 Å². The molecule has 0 saturated heterocycles. The van der Waals surface area contributed by atoms with Crippen molar-refractivity contribution in [1.29, 1.82) is 0 Å². The Morgan fingerprint density at radius 2 is 1.52 bits per heavy atom. The second-order valence-corrected chi connectivity index (χ2v) is 5.02. The molecule has 2 aromatic rings. The molecule has 1 unspecified atom stereocenters. The quantitative estimate of drug-likeness (QED) is 0.865. The molecule has 0 radical (unpaired) electrons. The van der Waals surface area contributed by atoms with Gasteiger partial charge >= 0.3 is 6.18 Å². The monoisotopic (exact) mass is 294 g/mol. The molecular formula is C17H17F3O. The Morgan fingerprint density at radius 3 is 2.05 bits per heavy atom. The number of hydrogen-bond donors (Lipinski definition) is 1. The minimum atomic E-state index is -4.30. The van der Waals surface area contributed by atoms with Crippen LogP contribution in [-0.2, 0) is 12.6 Å². The maximum Gasteiger partial charge on any atom is 0.416 e. The predicted octanol–water partition coefficient (Wildman–Crippen LogP) is 4.41. The van der Waals surface area contributed by atoms with Crippen LogP contribution in [0.5, 0.6) is 0 Å². The second kappa shape index (κ2) is 6.76. The number of benzene rings is 2. The number of aliphatic hydroxyl groups is 1. The van der Waals surface area contributed by atoms with E-state index in [4.69, 9.17) is 0 Å². The summed E-state index contributed by atoms with van der Waals surface area (Å²) in [6, 6.07) is 14.9. The Kier molecular flexibility index (Phi) is 5.02. The van der Waals surface area contributed by atoms with Crippen LogP contribution >= 0.6 is 0 Å². The largest absolute Gasteiger partial charge is 0.416 e. The first-order chi connectivity index (χ1) is 10.0. The fourth-order valence-electron chi connectivity index (χ4n) is 2.38. The molecule has 21 heavy (non-hydrogen) atoms. The first kappa shape index (κ1) is 15.6. The molecule has 112 valence electrons. The third kappa shape index (κ3) is 4.33. The van der Waals surface area contributed by atoms with Gasteiger partial charge in [-0.2, -0.15) is 13.2 Å². The van der Waals surface area contributed by atoms with Crippen molar-refractivity contribution in [2.45, 2.75) is 24.9 Å². The molecule has 0 heterocycles. The van der Waals surface area contributed by atoms with E-state index >= 15 is 0 Å². The Morgan fingerprint density at radius 1 is 0.905 bits per heavy atom. The van der Waals surface area contributed by atoms with Crippen LogP contribution in [0.4, 0.5) is 13.2 Å². The zero-order valence-corrected chi connectivity index (χ0v) is 11.5. The number of halogens is 3. The van der Waals surface area contributed by atoms with Crippen LogP contribution < -0.4 is 0 Å². The number of aliphatic hydroxyl groups excluding tert-OH is 1. The number of hydrogen-bond acceptors (Lipinski definition) is 1. The summed E-state index contributed by atoms with van der Waals surface area (Å²) < 4.78 is 37.6. The lowest BCUT2D eigenvalue weighted by atomic mass is 9.89. The van der Waals surface area contributed by atoms with Crippen molar-refractivity contribution in [1.82, 2.24) is 0 Å². The maximum atomic E-state index is 12.5. The highest BCUT2D eigenvalue weighted by Gasteiger charge is 2.30. The molecule has 0 aliphatic rings. The van der Waals surface area contributed by atoms with Crippen LogP contribution in [0.3, 0.4) is 0 Å². The first-order valence-electron chi connectivity index (χ1n) is 6.82. The number of alkyl halides is 3. The van der Waals surface area contributed by atoms with Crippen LogP contribution in [0, 0.1) is 0 Å². The van der Waals surface area contributed by atoms with Crippen molar-refractivity contribution < 1.29 is 18.3 Å². The van der Waals surface area contributed by atoms with Gasteiger partial charge in [-0.25, -0.2) is 0 Å². The highest BCUT2D eigenvalue weighted by molar-refractivity contribution is 5.28. The third-order valence-electron chi connectivity index (χ3n) is 3.51. The lowest BCUT2D eigenvalue weighted by Crippen LogP contribution is -2.07. The summed E-state index contributed by atoms with van der Waals surface area (Å²) in [6.07, 6.45) is -3.10. The van der Waals surface area contributed by atoms with Crippen molar-refractivity contribution in [2.75, 3.05) is 6.61 Å². The molecule has 4 heteroatoms. The van der Waals surface area contributed by atoms with Crippen molar-refractivity contribution in [2.24, 2.45) is 0 Å². The molecule has 1 nitrogen and oxygen atoms in total. The van der Waals surface area contributed by atoms with Crippen LogP contribution in [-0.4, -0.2) is 11.7 Å². The van der Waals surface area contributed by atoms with E-state index in [0.29, 0.717) is 12.8 Å². The second-order valence-electron chi connectivity index (χ2n) is 5.02. The van der Waals surface area contributed by atoms with Gasteiger partial charge in [-0.05, 0) is 42.0 Å². The third-order valence-corrected chi connectivity index (χ3v) is 3.51. The molecule has 0 amide bonds. The first-order valence-corrected chi connectivity index (χ1v) is 6.82. The summed E-state index contributed by atoms with van der Waals surface area (Å²) >= 11 is 0. The van der Waals surface area contributed by atoms with Crippen LogP contribution in [0.1, 0.15) is 29.0 Å². The Hall–Kier alpha value is -1.81. The van der Waals surface area contributed by atoms with Gasteiger partial charge in [0.15, 0.2) is 0 Å². The normalized spacial score (nSPS) is 13.1. The van der Waals surface area contributed by atoms with Gasteiger partial charge < -0.3 is 5.11 Å². The summed E-state index contributed by atoms with van der Waals surface area (Å²) in [5.74, 6) is 0.105. The molecule has 0 bridgehead atoms. The molecule has 1 atom stereocenters. The summed E-state index contributed by atoms with van der Waals surface area (Å²) in [4.78, 5) is 0.